The lowest BCUT2D eigenvalue weighted by molar-refractivity contribution is 0.294. The number of aromatic nitrogens is 2. The fourth-order valence-electron chi connectivity index (χ4n) is 2.15. The Balaban J connectivity index is 1.83. The number of hydrogen-bond acceptors (Lipinski definition) is 4. The highest BCUT2D eigenvalue weighted by Crippen LogP contribution is 2.27. The zero-order valence-electron chi connectivity index (χ0n) is 12.4. The van der Waals surface area contributed by atoms with Crippen LogP contribution in [0.15, 0.2) is 67.0 Å². The van der Waals surface area contributed by atoms with Gasteiger partial charge < -0.3 is 10.1 Å². The monoisotopic (exact) mass is 291 g/mol. The molecule has 0 bridgehead atoms. The molecule has 4 nitrogen and oxygen atoms in total. The van der Waals surface area contributed by atoms with E-state index in [2.05, 4.69) is 15.3 Å². The fraction of sp³-hybridized carbons (Fsp3) is 0.111. The van der Waals surface area contributed by atoms with Gasteiger partial charge in [0.05, 0.1) is 0 Å². The van der Waals surface area contributed by atoms with Crippen molar-refractivity contribution in [2.24, 2.45) is 0 Å². The molecule has 0 aliphatic heterocycles. The van der Waals surface area contributed by atoms with Gasteiger partial charge in [0.25, 0.3) is 0 Å². The Bertz CT molecular complexity index is 727. The molecule has 3 rings (SSSR count). The second-order valence-corrected chi connectivity index (χ2v) is 4.81. The summed E-state index contributed by atoms with van der Waals surface area (Å²) in [5.41, 5.74) is 3.89. The number of rotatable bonds is 5. The summed E-state index contributed by atoms with van der Waals surface area (Å²) in [6.07, 6.45) is 3.32. The Labute approximate surface area is 129 Å². The highest BCUT2D eigenvalue weighted by molar-refractivity contribution is 5.66. The van der Waals surface area contributed by atoms with E-state index >= 15 is 0 Å². The highest BCUT2D eigenvalue weighted by Gasteiger charge is 2.09. The summed E-state index contributed by atoms with van der Waals surface area (Å²) in [7, 11) is 1.89. The van der Waals surface area contributed by atoms with Crippen molar-refractivity contribution in [2.45, 2.75) is 6.61 Å². The number of nitrogens with zero attached hydrogens (tertiary/aromatic N) is 2. The van der Waals surface area contributed by atoms with Crippen LogP contribution in [-0.4, -0.2) is 17.0 Å². The molecule has 0 aliphatic carbocycles. The molecule has 0 aliphatic rings. The molecule has 1 heterocycles. The largest absolute Gasteiger partial charge is 0.471 e. The molecule has 0 atom stereocenters. The van der Waals surface area contributed by atoms with Crippen LogP contribution in [0.25, 0.3) is 11.3 Å². The maximum atomic E-state index is 5.84. The van der Waals surface area contributed by atoms with Crippen molar-refractivity contribution in [3.05, 3.63) is 72.6 Å². The Morgan fingerprint density at radius 1 is 0.909 bits per heavy atom. The number of ether oxygens (including phenoxy) is 1. The van der Waals surface area contributed by atoms with Crippen LogP contribution >= 0.6 is 0 Å². The maximum Gasteiger partial charge on any atom is 0.240 e. The van der Waals surface area contributed by atoms with E-state index < -0.39 is 0 Å². The average Bonchev–Trinajstić information content (AvgIpc) is 2.61. The van der Waals surface area contributed by atoms with Crippen molar-refractivity contribution in [1.29, 1.82) is 0 Å². The molecule has 0 saturated heterocycles. The molecule has 0 amide bonds. The van der Waals surface area contributed by atoms with Crippen molar-refractivity contribution in [3.8, 4) is 17.1 Å². The highest BCUT2D eigenvalue weighted by atomic mass is 16.5. The molecular formula is C18H17N3O. The van der Waals surface area contributed by atoms with Crippen LogP contribution in [0.3, 0.4) is 0 Å². The van der Waals surface area contributed by atoms with Gasteiger partial charge in [0.15, 0.2) is 0 Å². The minimum absolute atomic E-state index is 0.473. The lowest BCUT2D eigenvalue weighted by Gasteiger charge is -2.10. The van der Waals surface area contributed by atoms with Crippen molar-refractivity contribution >= 4 is 5.69 Å². The number of nitrogens with one attached hydrogen (secondary N) is 1. The predicted octanol–water partition coefficient (Wildman–Crippen LogP) is 3.76. The smallest absolute Gasteiger partial charge is 0.240 e. The molecule has 0 unspecified atom stereocenters. The van der Waals surface area contributed by atoms with E-state index in [9.17, 15) is 0 Å². The van der Waals surface area contributed by atoms with E-state index in [1.165, 1.54) is 0 Å². The summed E-state index contributed by atoms with van der Waals surface area (Å²) >= 11 is 0. The maximum absolute atomic E-state index is 5.84. The van der Waals surface area contributed by atoms with Gasteiger partial charge in [0.1, 0.15) is 12.3 Å². The van der Waals surface area contributed by atoms with Crippen LogP contribution in [0.1, 0.15) is 5.56 Å². The molecule has 0 fully saturated rings. The summed E-state index contributed by atoms with van der Waals surface area (Å²) in [5, 5.41) is 3.10. The third-order valence-electron chi connectivity index (χ3n) is 3.33. The first kappa shape index (κ1) is 14.1. The first-order valence-electron chi connectivity index (χ1n) is 7.13. The molecule has 4 heteroatoms. The first-order valence-corrected chi connectivity index (χ1v) is 7.13. The molecule has 2 aromatic carbocycles. The molecule has 0 radical (unpaired) electrons. The van der Waals surface area contributed by atoms with Crippen molar-refractivity contribution in [3.63, 3.8) is 0 Å². The van der Waals surface area contributed by atoms with Crippen LogP contribution in [0.2, 0.25) is 0 Å². The summed E-state index contributed by atoms with van der Waals surface area (Å²) in [6, 6.07) is 18.0. The Hall–Kier alpha value is -2.88. The predicted molar refractivity (Wildman–Crippen MR) is 87.8 cm³/mol. The lowest BCUT2D eigenvalue weighted by atomic mass is 10.1. The van der Waals surface area contributed by atoms with Crippen molar-refractivity contribution in [1.82, 2.24) is 9.97 Å². The summed E-state index contributed by atoms with van der Waals surface area (Å²) in [6.45, 7) is 0.473. The number of benzene rings is 2. The van der Waals surface area contributed by atoms with Crippen LogP contribution < -0.4 is 10.1 Å². The van der Waals surface area contributed by atoms with Crippen LogP contribution in [0, 0.1) is 0 Å². The molecule has 0 spiro atoms. The Morgan fingerprint density at radius 3 is 2.36 bits per heavy atom. The molecule has 22 heavy (non-hydrogen) atoms. The average molecular weight is 291 g/mol. The van der Waals surface area contributed by atoms with Crippen molar-refractivity contribution in [2.75, 3.05) is 12.4 Å². The second kappa shape index (κ2) is 6.72. The Morgan fingerprint density at radius 2 is 1.64 bits per heavy atom. The second-order valence-electron chi connectivity index (χ2n) is 4.81. The van der Waals surface area contributed by atoms with Gasteiger partial charge in [-0.2, -0.15) is 0 Å². The summed E-state index contributed by atoms with van der Waals surface area (Å²) in [4.78, 5) is 8.72. The van der Waals surface area contributed by atoms with Crippen LogP contribution in [0.4, 0.5) is 5.69 Å². The fourth-order valence-corrected chi connectivity index (χ4v) is 2.15. The van der Waals surface area contributed by atoms with E-state index in [1.54, 1.807) is 12.4 Å². The van der Waals surface area contributed by atoms with E-state index in [-0.39, 0.29) is 0 Å². The topological polar surface area (TPSA) is 47.0 Å². The van der Waals surface area contributed by atoms with Gasteiger partial charge in [-0.25, -0.2) is 9.97 Å². The van der Waals surface area contributed by atoms with Crippen LogP contribution in [-0.2, 0) is 6.61 Å². The first-order chi connectivity index (χ1) is 10.9. The molecule has 1 aromatic heterocycles. The minimum atomic E-state index is 0.473. The van der Waals surface area contributed by atoms with Gasteiger partial charge in [-0.3, -0.25) is 0 Å². The Kier molecular flexibility index (Phi) is 4.30. The van der Waals surface area contributed by atoms with E-state index in [4.69, 9.17) is 4.74 Å². The molecular weight excluding hydrogens is 274 g/mol. The van der Waals surface area contributed by atoms with Gasteiger partial charge >= 0.3 is 0 Å². The van der Waals surface area contributed by atoms with Gasteiger partial charge in [0, 0.05) is 30.7 Å². The van der Waals surface area contributed by atoms with Crippen LogP contribution in [0.5, 0.6) is 5.88 Å². The quantitative estimate of drug-likeness (QED) is 0.777. The number of hydrogen-bond donors (Lipinski definition) is 1. The van der Waals surface area contributed by atoms with Gasteiger partial charge in [-0.15, -0.1) is 0 Å². The van der Waals surface area contributed by atoms with Gasteiger partial charge in [0.2, 0.25) is 5.88 Å². The zero-order chi connectivity index (χ0) is 15.2. The molecule has 0 saturated carbocycles. The summed E-state index contributed by atoms with van der Waals surface area (Å²) < 4.78 is 5.84. The summed E-state index contributed by atoms with van der Waals surface area (Å²) in [5.74, 6) is 0.545. The van der Waals surface area contributed by atoms with E-state index in [0.717, 1.165) is 22.5 Å². The third kappa shape index (κ3) is 3.23. The lowest BCUT2D eigenvalue weighted by Crippen LogP contribution is -2.00. The van der Waals surface area contributed by atoms with E-state index in [0.29, 0.717) is 12.5 Å². The zero-order valence-corrected chi connectivity index (χ0v) is 12.4. The molecule has 3 aromatic rings. The molecule has 1 N–H and O–H groups in total. The standard InChI is InChI=1S/C18H17N3O/c1-19-16-9-7-15(8-10-16)17-18(21-12-11-20-17)22-13-14-5-3-2-4-6-14/h2-12,19H,13H2,1H3. The normalized spacial score (nSPS) is 10.2. The van der Waals surface area contributed by atoms with Gasteiger partial charge in [-0.05, 0) is 17.7 Å². The number of anilines is 1. The third-order valence-corrected chi connectivity index (χ3v) is 3.33. The van der Waals surface area contributed by atoms with Gasteiger partial charge in [-0.1, -0.05) is 42.5 Å². The minimum Gasteiger partial charge on any atom is -0.471 e. The van der Waals surface area contributed by atoms with E-state index in [1.807, 2.05) is 61.6 Å². The van der Waals surface area contributed by atoms with Crippen molar-refractivity contribution < 1.29 is 4.74 Å². The molecule has 110 valence electrons. The SMILES string of the molecule is CNc1ccc(-c2nccnc2OCc2ccccc2)cc1.